The van der Waals surface area contributed by atoms with E-state index >= 15 is 0 Å². The highest BCUT2D eigenvalue weighted by Gasteiger charge is 2.23. The van der Waals surface area contributed by atoms with E-state index < -0.39 is 0 Å². The number of rotatable bonds is 1. The molecule has 1 nitrogen and oxygen atoms in total. The second-order valence-corrected chi connectivity index (χ2v) is 5.72. The molecule has 0 radical (unpaired) electrons. The first-order valence-electron chi connectivity index (χ1n) is 5.87. The summed E-state index contributed by atoms with van der Waals surface area (Å²) in [5.41, 5.74) is 3.44. The number of fused-ring (bicyclic) bond motifs is 1. The molecule has 0 fully saturated rings. The summed E-state index contributed by atoms with van der Waals surface area (Å²) in [5, 5.41) is 3.63. The molecule has 0 saturated heterocycles. The quantitative estimate of drug-likeness (QED) is 0.738. The molecule has 1 heterocycles. The van der Waals surface area contributed by atoms with Gasteiger partial charge < -0.3 is 5.32 Å². The molecule has 1 aromatic rings. The van der Waals surface area contributed by atoms with E-state index in [0.717, 1.165) is 6.54 Å². The van der Waals surface area contributed by atoms with E-state index in [1.54, 1.807) is 0 Å². The summed E-state index contributed by atoms with van der Waals surface area (Å²) < 4.78 is 0. The van der Waals surface area contributed by atoms with Gasteiger partial charge in [-0.15, -0.1) is 0 Å². The third-order valence-corrected chi connectivity index (χ3v) is 3.03. The lowest BCUT2D eigenvalue weighted by Gasteiger charge is -2.32. The monoisotopic (exact) mass is 203 g/mol. The first-order valence-corrected chi connectivity index (χ1v) is 5.87. The van der Waals surface area contributed by atoms with E-state index in [1.807, 2.05) is 0 Å². The Morgan fingerprint density at radius 2 is 2.00 bits per heavy atom. The smallest absolute Gasteiger partial charge is 0.0328 e. The molecular weight excluding hydrogens is 182 g/mol. The molecule has 1 atom stereocenters. The van der Waals surface area contributed by atoms with Crippen molar-refractivity contribution in [3.05, 3.63) is 35.4 Å². The predicted octanol–water partition coefficient (Wildman–Crippen LogP) is 3.31. The first-order chi connectivity index (χ1) is 7.06. The SMILES string of the molecule is CC(C)(C)C[C@@H]1NCCc2ccccc21. The summed E-state index contributed by atoms with van der Waals surface area (Å²) in [4.78, 5) is 0. The van der Waals surface area contributed by atoms with Crippen molar-refractivity contribution in [2.45, 2.75) is 39.7 Å². The van der Waals surface area contributed by atoms with E-state index in [0.29, 0.717) is 11.5 Å². The zero-order valence-electron chi connectivity index (χ0n) is 10.0. The highest BCUT2D eigenvalue weighted by atomic mass is 14.9. The number of hydrogen-bond acceptors (Lipinski definition) is 1. The van der Waals surface area contributed by atoms with Gasteiger partial charge in [-0.05, 0) is 35.9 Å². The molecule has 2 rings (SSSR count). The molecule has 1 N–H and O–H groups in total. The fourth-order valence-electron chi connectivity index (χ4n) is 2.39. The van der Waals surface area contributed by atoms with Gasteiger partial charge >= 0.3 is 0 Å². The minimum atomic E-state index is 0.391. The van der Waals surface area contributed by atoms with Gasteiger partial charge in [0.15, 0.2) is 0 Å². The van der Waals surface area contributed by atoms with Gasteiger partial charge in [0.25, 0.3) is 0 Å². The molecule has 0 saturated carbocycles. The molecule has 0 aromatic heterocycles. The first kappa shape index (κ1) is 10.7. The third kappa shape index (κ3) is 2.60. The topological polar surface area (TPSA) is 12.0 Å². The van der Waals surface area contributed by atoms with Crippen molar-refractivity contribution in [2.75, 3.05) is 6.54 Å². The van der Waals surface area contributed by atoms with Gasteiger partial charge in [-0.2, -0.15) is 0 Å². The molecule has 1 aliphatic heterocycles. The maximum Gasteiger partial charge on any atom is 0.0328 e. The van der Waals surface area contributed by atoms with Crippen LogP contribution in [-0.4, -0.2) is 6.54 Å². The number of benzene rings is 1. The maximum atomic E-state index is 3.63. The van der Waals surface area contributed by atoms with E-state index in [-0.39, 0.29) is 0 Å². The van der Waals surface area contributed by atoms with Crippen LogP contribution < -0.4 is 5.32 Å². The van der Waals surface area contributed by atoms with Gasteiger partial charge in [0.05, 0.1) is 0 Å². The lowest BCUT2D eigenvalue weighted by Crippen LogP contribution is -2.32. The van der Waals surface area contributed by atoms with Gasteiger partial charge in [-0.3, -0.25) is 0 Å². The van der Waals surface area contributed by atoms with Crippen molar-refractivity contribution in [1.82, 2.24) is 5.32 Å². The van der Waals surface area contributed by atoms with Crippen molar-refractivity contribution >= 4 is 0 Å². The van der Waals surface area contributed by atoms with Crippen LogP contribution in [0.2, 0.25) is 0 Å². The Morgan fingerprint density at radius 1 is 1.27 bits per heavy atom. The van der Waals surface area contributed by atoms with Gasteiger partial charge in [0.2, 0.25) is 0 Å². The second-order valence-electron chi connectivity index (χ2n) is 5.72. The molecule has 1 aliphatic rings. The summed E-state index contributed by atoms with van der Waals surface area (Å²) in [7, 11) is 0. The molecular formula is C14H21N. The summed E-state index contributed by atoms with van der Waals surface area (Å²) in [6.07, 6.45) is 2.39. The largest absolute Gasteiger partial charge is 0.310 e. The molecule has 1 heteroatoms. The standard InChI is InChI=1S/C14H21N/c1-14(2,3)10-13-12-7-5-4-6-11(12)8-9-15-13/h4-7,13,15H,8-10H2,1-3H3/t13-/m0/s1. The van der Waals surface area contributed by atoms with E-state index in [9.17, 15) is 0 Å². The van der Waals surface area contributed by atoms with Gasteiger partial charge in [0.1, 0.15) is 0 Å². The second kappa shape index (κ2) is 3.97. The van der Waals surface area contributed by atoms with Gasteiger partial charge in [-0.25, -0.2) is 0 Å². The Balaban J connectivity index is 2.22. The molecule has 15 heavy (non-hydrogen) atoms. The molecule has 0 amide bonds. The van der Waals surface area contributed by atoms with Crippen LogP contribution in [0.4, 0.5) is 0 Å². The minimum Gasteiger partial charge on any atom is -0.310 e. The zero-order valence-corrected chi connectivity index (χ0v) is 10.0. The Bertz CT molecular complexity index is 335. The van der Waals surface area contributed by atoms with Gasteiger partial charge in [0, 0.05) is 6.04 Å². The number of hydrogen-bond donors (Lipinski definition) is 1. The van der Waals surface area contributed by atoms with Crippen molar-refractivity contribution < 1.29 is 0 Å². The Hall–Kier alpha value is -0.820. The highest BCUT2D eigenvalue weighted by molar-refractivity contribution is 5.32. The minimum absolute atomic E-state index is 0.391. The van der Waals surface area contributed by atoms with E-state index in [2.05, 4.69) is 50.4 Å². The van der Waals surface area contributed by atoms with Crippen molar-refractivity contribution in [3.63, 3.8) is 0 Å². The van der Waals surface area contributed by atoms with Crippen LogP contribution in [-0.2, 0) is 6.42 Å². The zero-order chi connectivity index (χ0) is 10.9. The van der Waals surface area contributed by atoms with Crippen LogP contribution in [0.3, 0.4) is 0 Å². The third-order valence-electron chi connectivity index (χ3n) is 3.03. The van der Waals surface area contributed by atoms with Crippen molar-refractivity contribution in [2.24, 2.45) is 5.41 Å². The lowest BCUT2D eigenvalue weighted by molar-refractivity contribution is 0.305. The van der Waals surface area contributed by atoms with Crippen LogP contribution in [0.1, 0.15) is 44.4 Å². The molecule has 1 aromatic carbocycles. The summed E-state index contributed by atoms with van der Waals surface area (Å²) in [6.45, 7) is 8.06. The van der Waals surface area contributed by atoms with Crippen LogP contribution in [0, 0.1) is 5.41 Å². The summed E-state index contributed by atoms with van der Waals surface area (Å²) in [5.74, 6) is 0. The highest BCUT2D eigenvalue weighted by Crippen LogP contribution is 2.32. The average Bonchev–Trinajstić information content (AvgIpc) is 2.16. The molecule has 82 valence electrons. The molecule has 0 unspecified atom stereocenters. The van der Waals surface area contributed by atoms with Crippen molar-refractivity contribution in [1.29, 1.82) is 0 Å². The molecule has 0 aliphatic carbocycles. The average molecular weight is 203 g/mol. The van der Waals surface area contributed by atoms with Crippen LogP contribution in [0.25, 0.3) is 0 Å². The van der Waals surface area contributed by atoms with Crippen LogP contribution >= 0.6 is 0 Å². The molecule has 0 spiro atoms. The Morgan fingerprint density at radius 3 is 2.73 bits per heavy atom. The number of nitrogens with one attached hydrogen (secondary N) is 1. The normalized spacial score (nSPS) is 21.1. The fraction of sp³-hybridized carbons (Fsp3) is 0.571. The lowest BCUT2D eigenvalue weighted by atomic mass is 9.82. The maximum absolute atomic E-state index is 3.63. The molecule has 0 bridgehead atoms. The Labute approximate surface area is 92.9 Å². The summed E-state index contributed by atoms with van der Waals surface area (Å²) >= 11 is 0. The van der Waals surface area contributed by atoms with Crippen LogP contribution in [0.15, 0.2) is 24.3 Å². The van der Waals surface area contributed by atoms with Crippen LogP contribution in [0.5, 0.6) is 0 Å². The van der Waals surface area contributed by atoms with Crippen molar-refractivity contribution in [3.8, 4) is 0 Å². The Kier molecular flexibility index (Phi) is 2.83. The summed E-state index contributed by atoms with van der Waals surface area (Å²) in [6, 6.07) is 9.40. The predicted molar refractivity (Wildman–Crippen MR) is 65.0 cm³/mol. The van der Waals surface area contributed by atoms with Gasteiger partial charge in [-0.1, -0.05) is 45.0 Å². The van der Waals surface area contributed by atoms with E-state index in [4.69, 9.17) is 0 Å². The fourth-order valence-corrected chi connectivity index (χ4v) is 2.39. The van der Waals surface area contributed by atoms with E-state index in [1.165, 1.54) is 24.0 Å².